The van der Waals surface area contributed by atoms with E-state index < -0.39 is 5.79 Å². The van der Waals surface area contributed by atoms with Gasteiger partial charge in [-0.3, -0.25) is 4.98 Å². The lowest BCUT2D eigenvalue weighted by Crippen LogP contribution is -2.29. The molecule has 0 bridgehead atoms. The molecule has 5 heterocycles. The van der Waals surface area contributed by atoms with Gasteiger partial charge in [0.15, 0.2) is 12.0 Å². The Bertz CT molecular complexity index is 1370. The number of nitrogens with zero attached hydrogens (tertiary/aromatic N) is 4. The number of halogens is 1. The van der Waals surface area contributed by atoms with Crippen molar-refractivity contribution in [2.24, 2.45) is 0 Å². The summed E-state index contributed by atoms with van der Waals surface area (Å²) in [5.74, 6) is -0.137. The maximum atomic E-state index is 6.56. The molecule has 2 fully saturated rings. The maximum Gasteiger partial charge on any atom is 0.225 e. The van der Waals surface area contributed by atoms with Gasteiger partial charge in [-0.25, -0.2) is 9.97 Å². The summed E-state index contributed by atoms with van der Waals surface area (Å²) in [6.45, 7) is 3.90. The highest BCUT2D eigenvalue weighted by molar-refractivity contribution is 9.10. The number of aryl methyl sites for hydroxylation is 1. The zero-order valence-corrected chi connectivity index (χ0v) is 20.7. The van der Waals surface area contributed by atoms with E-state index in [0.717, 1.165) is 39.3 Å². The predicted octanol–water partition coefficient (Wildman–Crippen LogP) is 4.80. The van der Waals surface area contributed by atoms with E-state index in [2.05, 4.69) is 55.1 Å². The van der Waals surface area contributed by atoms with Crippen LogP contribution in [0.1, 0.15) is 32.1 Å². The lowest BCUT2D eigenvalue weighted by molar-refractivity contribution is -0.196. The molecule has 0 saturated carbocycles. The molecule has 0 aliphatic carbocycles. The highest BCUT2D eigenvalue weighted by Gasteiger charge is 2.55. The van der Waals surface area contributed by atoms with Crippen molar-refractivity contribution in [3.63, 3.8) is 0 Å². The molecule has 0 N–H and O–H groups in total. The van der Waals surface area contributed by atoms with Gasteiger partial charge in [-0.05, 0) is 66.4 Å². The number of ether oxygens (including phenoxy) is 4. The fraction of sp³-hybridized carbons (Fsp3) is 0.400. The molecular weight excluding hydrogens is 500 g/mol. The number of fused-ring (bicyclic) bond motifs is 3. The van der Waals surface area contributed by atoms with Crippen LogP contribution in [-0.2, 0) is 20.6 Å². The second-order valence-corrected chi connectivity index (χ2v) is 10.1. The molecule has 0 unspecified atom stereocenters. The zero-order chi connectivity index (χ0) is 23.4. The summed E-state index contributed by atoms with van der Waals surface area (Å²) < 4.78 is 27.6. The van der Waals surface area contributed by atoms with Crippen LogP contribution in [0.25, 0.3) is 21.9 Å². The molecule has 1 aromatic carbocycles. The molecule has 2 saturated heterocycles. The molecule has 8 nitrogen and oxygen atoms in total. The number of rotatable bonds is 5. The third-order valence-electron chi connectivity index (χ3n) is 6.50. The molecule has 9 heteroatoms. The van der Waals surface area contributed by atoms with Crippen LogP contribution in [-0.4, -0.2) is 50.7 Å². The minimum Gasteiger partial charge on any atom is -0.480 e. The van der Waals surface area contributed by atoms with E-state index in [1.54, 1.807) is 7.11 Å². The quantitative estimate of drug-likeness (QED) is 0.370. The van der Waals surface area contributed by atoms with Crippen molar-refractivity contribution in [1.29, 1.82) is 0 Å². The van der Waals surface area contributed by atoms with Gasteiger partial charge in [-0.15, -0.1) is 0 Å². The molecule has 0 spiro atoms. The van der Waals surface area contributed by atoms with Gasteiger partial charge in [-0.1, -0.05) is 12.1 Å². The summed E-state index contributed by atoms with van der Waals surface area (Å²) in [6, 6.07) is 10.4. The summed E-state index contributed by atoms with van der Waals surface area (Å²) in [4.78, 5) is 13.2. The second-order valence-electron chi connectivity index (χ2n) is 9.19. The van der Waals surface area contributed by atoms with E-state index >= 15 is 0 Å². The van der Waals surface area contributed by atoms with Gasteiger partial charge in [0.1, 0.15) is 24.2 Å². The largest absolute Gasteiger partial charge is 0.480 e. The predicted molar refractivity (Wildman–Crippen MR) is 130 cm³/mol. The number of hydrogen-bond donors (Lipinski definition) is 0. The number of hydrogen-bond acceptors (Lipinski definition) is 7. The Morgan fingerprint density at radius 2 is 1.94 bits per heavy atom. The molecule has 0 radical (unpaired) electrons. The third-order valence-corrected chi connectivity index (χ3v) is 6.93. The Morgan fingerprint density at radius 3 is 2.79 bits per heavy atom. The highest BCUT2D eigenvalue weighted by Crippen LogP contribution is 2.45. The second kappa shape index (κ2) is 8.27. The molecule has 34 heavy (non-hydrogen) atoms. The lowest BCUT2D eigenvalue weighted by Gasteiger charge is -2.25. The van der Waals surface area contributed by atoms with Crippen molar-refractivity contribution in [3.05, 3.63) is 59.1 Å². The molecule has 176 valence electrons. The van der Waals surface area contributed by atoms with E-state index in [-0.39, 0.29) is 24.5 Å². The number of pyridine rings is 1. The first-order chi connectivity index (χ1) is 16.4. The van der Waals surface area contributed by atoms with Gasteiger partial charge in [0.25, 0.3) is 0 Å². The van der Waals surface area contributed by atoms with E-state index in [9.17, 15) is 0 Å². The molecular formula is C25H25BrN4O4. The minimum absolute atomic E-state index is 0.119. The van der Waals surface area contributed by atoms with Gasteiger partial charge in [0.05, 0.1) is 24.1 Å². The average Bonchev–Trinajstić information content (AvgIpc) is 3.48. The van der Waals surface area contributed by atoms with Crippen molar-refractivity contribution in [2.45, 2.75) is 57.0 Å². The van der Waals surface area contributed by atoms with E-state index in [4.69, 9.17) is 18.9 Å². The molecule has 4 atom stereocenters. The molecule has 4 aromatic rings. The lowest BCUT2D eigenvalue weighted by atomic mass is 10.0. The Labute approximate surface area is 205 Å². The summed E-state index contributed by atoms with van der Waals surface area (Å²) >= 11 is 3.48. The highest BCUT2D eigenvalue weighted by atomic mass is 79.9. The SMILES string of the molecule is COc1ncnc2c1ccn2[C@@H]1O[C@H](CCc2ccc3cc(Br)cnc3c2)[C@H]2OC(C)(C)O[C@H]21. The first-order valence-electron chi connectivity index (χ1n) is 11.3. The molecule has 0 amide bonds. The van der Waals surface area contributed by atoms with Gasteiger partial charge >= 0.3 is 0 Å². The van der Waals surface area contributed by atoms with Gasteiger partial charge in [0.2, 0.25) is 5.88 Å². The van der Waals surface area contributed by atoms with Gasteiger partial charge in [0, 0.05) is 22.3 Å². The Balaban J connectivity index is 1.27. The topological polar surface area (TPSA) is 80.5 Å². The molecule has 6 rings (SSSR count). The average molecular weight is 525 g/mol. The van der Waals surface area contributed by atoms with Crippen molar-refractivity contribution in [3.8, 4) is 5.88 Å². The monoisotopic (exact) mass is 524 g/mol. The summed E-state index contributed by atoms with van der Waals surface area (Å²) in [6.07, 6.45) is 6.04. The van der Waals surface area contributed by atoms with Crippen molar-refractivity contribution < 1.29 is 18.9 Å². The van der Waals surface area contributed by atoms with Crippen LogP contribution in [0.4, 0.5) is 0 Å². The van der Waals surface area contributed by atoms with Crippen LogP contribution in [0.3, 0.4) is 0 Å². The number of benzene rings is 1. The van der Waals surface area contributed by atoms with E-state index in [0.29, 0.717) is 5.88 Å². The first-order valence-corrected chi connectivity index (χ1v) is 12.1. The standard InChI is InChI=1S/C25H25BrN4O4/c1-25(2)33-20-19(7-5-14-4-6-15-11-16(26)12-27-18(15)10-14)32-24(21(20)34-25)30-9-8-17-22(30)28-13-29-23(17)31-3/h4,6,8-13,19-21,24H,5,7H2,1-3H3/t19-,20-,21-,24-/m1/s1. The van der Waals surface area contributed by atoms with Crippen LogP contribution < -0.4 is 4.74 Å². The smallest absolute Gasteiger partial charge is 0.225 e. The van der Waals surface area contributed by atoms with Gasteiger partial charge in [-0.2, -0.15) is 0 Å². The third kappa shape index (κ3) is 3.76. The number of aromatic nitrogens is 4. The maximum absolute atomic E-state index is 6.56. The van der Waals surface area contributed by atoms with E-state index in [1.165, 1.54) is 11.9 Å². The summed E-state index contributed by atoms with van der Waals surface area (Å²) in [5, 5.41) is 1.95. The zero-order valence-electron chi connectivity index (χ0n) is 19.1. The Kier molecular flexibility index (Phi) is 5.33. The molecule has 2 aliphatic heterocycles. The van der Waals surface area contributed by atoms with Gasteiger partial charge < -0.3 is 23.5 Å². The van der Waals surface area contributed by atoms with Crippen LogP contribution >= 0.6 is 15.9 Å². The van der Waals surface area contributed by atoms with Crippen molar-refractivity contribution in [2.75, 3.05) is 7.11 Å². The minimum atomic E-state index is -0.675. The fourth-order valence-corrected chi connectivity index (χ4v) is 5.38. The van der Waals surface area contributed by atoms with Crippen LogP contribution in [0.15, 0.2) is 53.5 Å². The normalized spacial score (nSPS) is 25.8. The summed E-state index contributed by atoms with van der Waals surface area (Å²) in [7, 11) is 1.61. The van der Waals surface area contributed by atoms with Crippen molar-refractivity contribution in [1.82, 2.24) is 19.5 Å². The Hall–Kier alpha value is -2.59. The van der Waals surface area contributed by atoms with Crippen molar-refractivity contribution >= 4 is 37.9 Å². The summed E-state index contributed by atoms with van der Waals surface area (Å²) in [5.41, 5.74) is 2.95. The number of methoxy groups -OCH3 is 1. The first kappa shape index (κ1) is 21.9. The van der Waals surface area contributed by atoms with Crippen LogP contribution in [0.5, 0.6) is 5.88 Å². The van der Waals surface area contributed by atoms with E-state index in [1.807, 2.05) is 36.9 Å². The molecule has 2 aliphatic rings. The Morgan fingerprint density at radius 1 is 1.09 bits per heavy atom. The fourth-order valence-electron chi connectivity index (χ4n) is 5.04. The van der Waals surface area contributed by atoms with Crippen LogP contribution in [0.2, 0.25) is 0 Å². The molecule has 3 aromatic heterocycles. The van der Waals surface area contributed by atoms with Crippen LogP contribution in [0, 0.1) is 0 Å².